The number of unbranched alkanes of at least 4 members (excludes halogenated alkanes) is 3. The topological polar surface area (TPSA) is 0 Å². The van der Waals surface area contributed by atoms with Gasteiger partial charge in [-0.05, 0) is 123 Å². The van der Waals surface area contributed by atoms with E-state index in [-0.39, 0.29) is 0 Å². The average Bonchev–Trinajstić information content (AvgIpc) is 2.95. The summed E-state index contributed by atoms with van der Waals surface area (Å²) in [6, 6.07) is 9.19. The molecule has 3 aliphatic carbocycles. The van der Waals surface area contributed by atoms with Gasteiger partial charge in [0, 0.05) is 5.56 Å². The first kappa shape index (κ1) is 28.5. The maximum absolute atomic E-state index is 3.39. The Kier molecular flexibility index (Phi) is 12.2. The lowest BCUT2D eigenvalue weighted by atomic mass is 9.68. The molecule has 0 unspecified atom stereocenters. The monoisotopic (exact) mass is 500 g/mol. The molecule has 3 fully saturated rings. The van der Waals surface area contributed by atoms with Crippen molar-refractivity contribution in [3.8, 4) is 11.8 Å². The van der Waals surface area contributed by atoms with Crippen molar-refractivity contribution in [1.82, 2.24) is 0 Å². The second-order valence-corrected chi connectivity index (χ2v) is 13.1. The molecule has 0 N–H and O–H groups in total. The van der Waals surface area contributed by atoms with Crippen molar-refractivity contribution in [3.05, 3.63) is 47.5 Å². The molecular formula is C37H56. The van der Waals surface area contributed by atoms with E-state index in [0.717, 1.165) is 41.1 Å². The van der Waals surface area contributed by atoms with Crippen LogP contribution in [0.4, 0.5) is 0 Å². The Morgan fingerprint density at radius 3 is 1.92 bits per heavy atom. The van der Waals surface area contributed by atoms with E-state index in [9.17, 15) is 0 Å². The second kappa shape index (κ2) is 15.8. The van der Waals surface area contributed by atoms with E-state index in [1.54, 1.807) is 0 Å². The van der Waals surface area contributed by atoms with Gasteiger partial charge in [0.15, 0.2) is 0 Å². The van der Waals surface area contributed by atoms with Crippen molar-refractivity contribution in [2.45, 2.75) is 142 Å². The minimum atomic E-state index is 0.755. The first-order chi connectivity index (χ1) is 18.2. The number of allylic oxidation sites excluding steroid dienone is 2. The van der Waals surface area contributed by atoms with Gasteiger partial charge >= 0.3 is 0 Å². The molecule has 0 heterocycles. The second-order valence-electron chi connectivity index (χ2n) is 13.1. The van der Waals surface area contributed by atoms with Gasteiger partial charge < -0.3 is 0 Å². The molecule has 4 rings (SSSR count). The van der Waals surface area contributed by atoms with Crippen molar-refractivity contribution < 1.29 is 0 Å². The zero-order chi connectivity index (χ0) is 25.7. The first-order valence-corrected chi connectivity index (χ1v) is 16.5. The zero-order valence-corrected chi connectivity index (χ0v) is 24.4. The van der Waals surface area contributed by atoms with Crippen LogP contribution in [0.25, 0.3) is 0 Å². The van der Waals surface area contributed by atoms with Crippen molar-refractivity contribution in [3.63, 3.8) is 0 Å². The van der Waals surface area contributed by atoms with Crippen LogP contribution in [-0.2, 0) is 0 Å². The Hall–Kier alpha value is -1.48. The van der Waals surface area contributed by atoms with Gasteiger partial charge in [-0.1, -0.05) is 102 Å². The molecule has 0 radical (unpaired) electrons. The molecule has 0 saturated heterocycles. The molecule has 0 spiro atoms. The van der Waals surface area contributed by atoms with E-state index in [2.05, 4.69) is 62.1 Å². The Bertz CT molecular complexity index is 824. The van der Waals surface area contributed by atoms with Crippen LogP contribution in [0.2, 0.25) is 0 Å². The lowest BCUT2D eigenvalue weighted by molar-refractivity contribution is 0.151. The van der Waals surface area contributed by atoms with Crippen LogP contribution in [0.5, 0.6) is 0 Å². The molecule has 0 bridgehead atoms. The maximum Gasteiger partial charge on any atom is 0.0249 e. The summed E-state index contributed by atoms with van der Waals surface area (Å²) < 4.78 is 0. The standard InChI is InChI=1S/C37H56/c1-3-5-6-7-11-31-16-24-36(25-17-31)37-28-20-33(21-29-37)13-9-8-12-32-18-26-35(27-19-32)34-22-14-30(10-4-2)15-23-34/h9,13,18-19,26-27,30-31,33-34,36-37H,3-7,10-11,14-17,20-25,28-29H2,1-2H3. The number of rotatable bonds is 10. The van der Waals surface area contributed by atoms with Gasteiger partial charge in [-0.15, -0.1) is 0 Å². The maximum atomic E-state index is 3.39. The van der Waals surface area contributed by atoms with Gasteiger partial charge in [0.1, 0.15) is 0 Å². The first-order valence-electron chi connectivity index (χ1n) is 16.5. The summed E-state index contributed by atoms with van der Waals surface area (Å²) in [4.78, 5) is 0. The summed E-state index contributed by atoms with van der Waals surface area (Å²) in [5.74, 6) is 12.3. The summed E-state index contributed by atoms with van der Waals surface area (Å²) >= 11 is 0. The molecule has 3 saturated carbocycles. The quantitative estimate of drug-likeness (QED) is 0.221. The van der Waals surface area contributed by atoms with Crippen LogP contribution < -0.4 is 0 Å². The average molecular weight is 501 g/mol. The lowest BCUT2D eigenvalue weighted by Crippen LogP contribution is -2.25. The van der Waals surface area contributed by atoms with Gasteiger partial charge in [-0.3, -0.25) is 0 Å². The third-order valence-electron chi connectivity index (χ3n) is 10.4. The predicted octanol–water partition coefficient (Wildman–Crippen LogP) is 11.3. The molecule has 0 amide bonds. The Morgan fingerprint density at radius 1 is 0.649 bits per heavy atom. The van der Waals surface area contributed by atoms with Crippen molar-refractivity contribution in [2.24, 2.45) is 29.6 Å². The predicted molar refractivity (Wildman–Crippen MR) is 162 cm³/mol. The number of hydrogen-bond donors (Lipinski definition) is 0. The highest BCUT2D eigenvalue weighted by molar-refractivity contribution is 5.39. The third kappa shape index (κ3) is 9.34. The van der Waals surface area contributed by atoms with E-state index in [1.165, 1.54) is 128 Å². The van der Waals surface area contributed by atoms with Crippen molar-refractivity contribution in [1.29, 1.82) is 0 Å². The number of benzene rings is 1. The lowest BCUT2D eigenvalue weighted by Gasteiger charge is -2.37. The van der Waals surface area contributed by atoms with E-state index in [0.29, 0.717) is 0 Å². The van der Waals surface area contributed by atoms with Gasteiger partial charge in [0.2, 0.25) is 0 Å². The van der Waals surface area contributed by atoms with Crippen LogP contribution >= 0.6 is 0 Å². The fraction of sp³-hybridized carbons (Fsp3) is 0.730. The van der Waals surface area contributed by atoms with E-state index in [4.69, 9.17) is 0 Å². The van der Waals surface area contributed by atoms with E-state index in [1.807, 2.05) is 0 Å². The Balaban J connectivity index is 1.13. The van der Waals surface area contributed by atoms with E-state index >= 15 is 0 Å². The van der Waals surface area contributed by atoms with Crippen molar-refractivity contribution in [2.75, 3.05) is 0 Å². The van der Waals surface area contributed by atoms with Gasteiger partial charge in [-0.25, -0.2) is 0 Å². The van der Waals surface area contributed by atoms with Crippen LogP contribution in [0, 0.1) is 41.4 Å². The fourth-order valence-electron chi connectivity index (χ4n) is 7.96. The molecule has 1 aromatic rings. The molecule has 0 aromatic heterocycles. The van der Waals surface area contributed by atoms with Gasteiger partial charge in [0.05, 0.1) is 0 Å². The Labute approximate surface area is 230 Å². The minimum absolute atomic E-state index is 0.755. The summed E-state index contributed by atoms with van der Waals surface area (Å²) in [6.07, 6.45) is 32.0. The highest BCUT2D eigenvalue weighted by Gasteiger charge is 2.30. The summed E-state index contributed by atoms with van der Waals surface area (Å²) in [5, 5.41) is 0. The van der Waals surface area contributed by atoms with Gasteiger partial charge in [0.25, 0.3) is 0 Å². The largest absolute Gasteiger partial charge is 0.0730 e. The van der Waals surface area contributed by atoms with Crippen LogP contribution in [-0.4, -0.2) is 0 Å². The van der Waals surface area contributed by atoms with Crippen LogP contribution in [0.1, 0.15) is 153 Å². The molecule has 0 aliphatic heterocycles. The molecule has 204 valence electrons. The third-order valence-corrected chi connectivity index (χ3v) is 10.4. The van der Waals surface area contributed by atoms with E-state index < -0.39 is 0 Å². The van der Waals surface area contributed by atoms with Crippen LogP contribution in [0.3, 0.4) is 0 Å². The van der Waals surface area contributed by atoms with Gasteiger partial charge in [-0.2, -0.15) is 0 Å². The van der Waals surface area contributed by atoms with Crippen molar-refractivity contribution >= 4 is 0 Å². The summed E-state index contributed by atoms with van der Waals surface area (Å²) in [5.41, 5.74) is 2.70. The highest BCUT2D eigenvalue weighted by atomic mass is 14.4. The molecule has 0 atom stereocenters. The Morgan fingerprint density at radius 2 is 1.27 bits per heavy atom. The molecule has 3 aliphatic rings. The number of hydrogen-bond acceptors (Lipinski definition) is 0. The summed E-state index contributed by atoms with van der Waals surface area (Å²) in [6.45, 7) is 4.65. The molecule has 37 heavy (non-hydrogen) atoms. The smallest absolute Gasteiger partial charge is 0.0249 e. The minimum Gasteiger partial charge on any atom is -0.0730 e. The SMILES string of the molecule is CCCCCCC1CCC(C2CCC(C=CC#Cc3ccc(C4CCC(CCC)CC4)cc3)CC2)CC1. The highest BCUT2D eigenvalue weighted by Crippen LogP contribution is 2.42. The molecule has 0 nitrogen and oxygen atoms in total. The molecule has 0 heteroatoms. The normalized spacial score (nSPS) is 30.6. The molecular weight excluding hydrogens is 444 g/mol. The summed E-state index contributed by atoms with van der Waals surface area (Å²) in [7, 11) is 0. The fourth-order valence-corrected chi connectivity index (χ4v) is 7.96. The zero-order valence-electron chi connectivity index (χ0n) is 24.4. The molecule has 1 aromatic carbocycles. The van der Waals surface area contributed by atoms with Crippen LogP contribution in [0.15, 0.2) is 36.4 Å².